The largest absolute Gasteiger partial charge is 0.494 e. The Hall–Kier alpha value is -1.22. The smallest absolute Gasteiger partial charge is 0.190 e. The summed E-state index contributed by atoms with van der Waals surface area (Å²) >= 11 is 0. The van der Waals surface area contributed by atoms with Gasteiger partial charge in [0.2, 0.25) is 0 Å². The van der Waals surface area contributed by atoms with E-state index in [1.807, 2.05) is 24.3 Å². The maximum Gasteiger partial charge on any atom is 0.190 e. The Labute approximate surface area is 166 Å². The molecule has 0 unspecified atom stereocenters. The summed E-state index contributed by atoms with van der Waals surface area (Å²) < 4.78 is 29.1. The van der Waals surface area contributed by atoms with Crippen LogP contribution in [0.15, 0.2) is 24.3 Å². The van der Waals surface area contributed by atoms with Crippen LogP contribution in [0.3, 0.4) is 0 Å². The molecule has 0 radical (unpaired) electrons. The van der Waals surface area contributed by atoms with Crippen LogP contribution in [-0.2, 0) is 25.6 Å². The average Bonchev–Trinajstić information content (AvgIpc) is 3.12. The van der Waals surface area contributed by atoms with Crippen LogP contribution in [0.2, 0.25) is 0 Å². The van der Waals surface area contributed by atoms with Gasteiger partial charge in [-0.1, -0.05) is 26.0 Å². The Morgan fingerprint density at radius 2 is 1.86 bits per heavy atom. The second kappa shape index (κ2) is 9.07. The number of aliphatic hydroxyl groups is 2. The van der Waals surface area contributed by atoms with Crippen molar-refractivity contribution in [2.45, 2.75) is 77.2 Å². The fourth-order valence-electron chi connectivity index (χ4n) is 3.39. The zero-order valence-electron chi connectivity index (χ0n) is 17.0. The lowest BCUT2D eigenvalue weighted by Crippen LogP contribution is -2.44. The van der Waals surface area contributed by atoms with Gasteiger partial charge >= 0.3 is 0 Å². The lowest BCUT2D eigenvalue weighted by atomic mass is 10.1. The van der Waals surface area contributed by atoms with Gasteiger partial charge in [0.15, 0.2) is 12.1 Å². The third kappa shape index (κ3) is 5.23. The minimum atomic E-state index is -1.07. The van der Waals surface area contributed by atoms with E-state index in [1.54, 1.807) is 13.8 Å². The Morgan fingerprint density at radius 3 is 2.50 bits per heavy atom. The van der Waals surface area contributed by atoms with Crippen molar-refractivity contribution in [3.8, 4) is 5.75 Å². The summed E-state index contributed by atoms with van der Waals surface area (Å²) in [5.41, 5.74) is 0.968. The van der Waals surface area contributed by atoms with Crippen molar-refractivity contribution in [3.63, 3.8) is 0 Å². The van der Waals surface area contributed by atoms with Crippen LogP contribution in [0, 0.1) is 5.92 Å². The summed E-state index contributed by atoms with van der Waals surface area (Å²) in [4.78, 5) is 0. The molecule has 0 aliphatic carbocycles. The van der Waals surface area contributed by atoms with Gasteiger partial charge in [0.1, 0.15) is 30.2 Å². The van der Waals surface area contributed by atoms with Gasteiger partial charge in [-0.15, -0.1) is 0 Å². The first-order valence-electron chi connectivity index (χ1n) is 9.92. The number of rotatable bonds is 9. The molecule has 2 N–H and O–H groups in total. The molecule has 7 nitrogen and oxygen atoms in total. The maximum atomic E-state index is 10.1. The van der Waals surface area contributed by atoms with E-state index < -0.39 is 43.1 Å². The molecule has 2 saturated heterocycles. The number of fused-ring (bicyclic) bond motifs is 1. The average molecular weight is 396 g/mol. The quantitative estimate of drug-likeness (QED) is 0.662. The minimum absolute atomic E-state index is 0.321. The van der Waals surface area contributed by atoms with Crippen LogP contribution in [0.25, 0.3) is 0 Å². The zero-order valence-corrected chi connectivity index (χ0v) is 17.0. The summed E-state index contributed by atoms with van der Waals surface area (Å²) in [7, 11) is 0. The number of hydrogen-bond acceptors (Lipinski definition) is 7. The molecule has 0 saturated carbocycles. The Morgan fingerprint density at radius 1 is 1.14 bits per heavy atom. The molecule has 28 heavy (non-hydrogen) atoms. The SMILES string of the molecule is CC(C)CCOc1ccc(CO[C@@H]2[C@H]3OC(C)(C)O[C@H]3O[C@@H]2[C@H](O)CO)cc1. The highest BCUT2D eigenvalue weighted by atomic mass is 16.8. The van der Waals surface area contributed by atoms with Gasteiger partial charge < -0.3 is 33.9 Å². The topological polar surface area (TPSA) is 86.6 Å². The molecule has 0 spiro atoms. The van der Waals surface area contributed by atoms with Crippen LogP contribution in [0.5, 0.6) is 5.75 Å². The summed E-state index contributed by atoms with van der Waals surface area (Å²) in [6.07, 6.45) is -2.39. The number of ether oxygens (including phenoxy) is 5. The summed E-state index contributed by atoms with van der Waals surface area (Å²) in [5.74, 6) is 0.664. The molecular formula is C21H32O7. The van der Waals surface area contributed by atoms with E-state index in [1.165, 1.54) is 0 Å². The summed E-state index contributed by atoms with van der Waals surface area (Å²) in [6, 6.07) is 7.74. The number of benzene rings is 1. The molecule has 0 amide bonds. The molecule has 7 heteroatoms. The van der Waals surface area contributed by atoms with Gasteiger partial charge in [-0.05, 0) is 43.9 Å². The highest BCUT2D eigenvalue weighted by Gasteiger charge is 2.56. The van der Waals surface area contributed by atoms with Crippen molar-refractivity contribution >= 4 is 0 Å². The van der Waals surface area contributed by atoms with Gasteiger partial charge in [0.05, 0.1) is 19.8 Å². The van der Waals surface area contributed by atoms with Crippen molar-refractivity contribution in [1.82, 2.24) is 0 Å². The standard InChI is InChI=1S/C21H32O7/c1-13(2)9-10-24-15-7-5-14(6-8-15)12-25-18-17(16(23)11-22)26-20-19(18)27-21(3,4)28-20/h5-8,13,16-20,22-23H,9-12H2,1-4H3/t16-,17-,18+,19-,20-/m1/s1. The lowest BCUT2D eigenvalue weighted by molar-refractivity contribution is -0.232. The Balaban J connectivity index is 1.58. The van der Waals surface area contributed by atoms with Gasteiger partial charge in [0.25, 0.3) is 0 Å². The first-order chi connectivity index (χ1) is 13.3. The molecule has 158 valence electrons. The highest BCUT2D eigenvalue weighted by Crippen LogP contribution is 2.39. The predicted octanol–water partition coefficient (Wildman–Crippen LogP) is 2.23. The molecular weight excluding hydrogens is 364 g/mol. The first kappa shape index (κ1) is 21.5. The van der Waals surface area contributed by atoms with Crippen LogP contribution in [-0.4, -0.2) is 59.9 Å². The second-order valence-electron chi connectivity index (χ2n) is 8.27. The molecule has 0 bridgehead atoms. The summed E-state index contributed by atoms with van der Waals surface area (Å²) in [5, 5.41) is 19.4. The molecule has 2 fully saturated rings. The number of hydrogen-bond donors (Lipinski definition) is 2. The van der Waals surface area contributed by atoms with E-state index in [0.29, 0.717) is 19.1 Å². The Bertz CT molecular complexity index is 616. The minimum Gasteiger partial charge on any atom is -0.494 e. The zero-order chi connectivity index (χ0) is 20.3. The van der Waals surface area contributed by atoms with E-state index in [2.05, 4.69) is 13.8 Å². The van der Waals surface area contributed by atoms with Crippen molar-refractivity contribution in [1.29, 1.82) is 0 Å². The highest BCUT2D eigenvalue weighted by molar-refractivity contribution is 5.26. The van der Waals surface area contributed by atoms with Gasteiger partial charge in [-0.3, -0.25) is 0 Å². The molecule has 2 aliphatic rings. The molecule has 2 aliphatic heterocycles. The molecule has 2 heterocycles. The molecule has 1 aromatic carbocycles. The van der Waals surface area contributed by atoms with Crippen molar-refractivity contribution in [2.75, 3.05) is 13.2 Å². The van der Waals surface area contributed by atoms with Gasteiger partial charge in [0, 0.05) is 0 Å². The van der Waals surface area contributed by atoms with Crippen molar-refractivity contribution in [3.05, 3.63) is 29.8 Å². The third-order valence-electron chi connectivity index (χ3n) is 4.92. The monoisotopic (exact) mass is 396 g/mol. The van der Waals surface area contributed by atoms with E-state index in [-0.39, 0.29) is 0 Å². The summed E-state index contributed by atoms with van der Waals surface area (Å²) in [6.45, 7) is 8.55. The van der Waals surface area contributed by atoms with Gasteiger partial charge in [-0.25, -0.2) is 0 Å². The van der Waals surface area contributed by atoms with Crippen LogP contribution >= 0.6 is 0 Å². The maximum absolute atomic E-state index is 10.1. The van der Waals surface area contributed by atoms with Crippen LogP contribution in [0.4, 0.5) is 0 Å². The Kier molecular flexibility index (Phi) is 6.96. The van der Waals surface area contributed by atoms with Crippen LogP contribution < -0.4 is 4.74 Å². The third-order valence-corrected chi connectivity index (χ3v) is 4.92. The first-order valence-corrected chi connectivity index (χ1v) is 9.92. The molecule has 0 aromatic heterocycles. The van der Waals surface area contributed by atoms with Crippen molar-refractivity contribution in [2.24, 2.45) is 5.92 Å². The van der Waals surface area contributed by atoms with E-state index in [9.17, 15) is 10.2 Å². The van der Waals surface area contributed by atoms with Gasteiger partial charge in [-0.2, -0.15) is 0 Å². The van der Waals surface area contributed by atoms with Crippen LogP contribution in [0.1, 0.15) is 39.7 Å². The van der Waals surface area contributed by atoms with Crippen molar-refractivity contribution < 1.29 is 33.9 Å². The fourth-order valence-corrected chi connectivity index (χ4v) is 3.39. The fraction of sp³-hybridized carbons (Fsp3) is 0.714. The van der Waals surface area contributed by atoms with E-state index >= 15 is 0 Å². The normalized spacial score (nSPS) is 29.8. The second-order valence-corrected chi connectivity index (χ2v) is 8.27. The lowest BCUT2D eigenvalue weighted by Gasteiger charge is -2.28. The van der Waals surface area contributed by atoms with E-state index in [0.717, 1.165) is 17.7 Å². The molecule has 3 rings (SSSR count). The molecule has 5 atom stereocenters. The predicted molar refractivity (Wildman–Crippen MR) is 102 cm³/mol. The number of aliphatic hydroxyl groups excluding tert-OH is 2. The molecule has 1 aromatic rings. The van der Waals surface area contributed by atoms with E-state index in [4.69, 9.17) is 23.7 Å².